The number of nitrogens with one attached hydrogen (secondary N) is 1. The van der Waals surface area contributed by atoms with Crippen molar-refractivity contribution in [2.45, 2.75) is 39.8 Å². The molecular formula is C15H21N3O. The van der Waals surface area contributed by atoms with E-state index in [1.165, 1.54) is 0 Å². The summed E-state index contributed by atoms with van der Waals surface area (Å²) in [5.41, 5.74) is 1.98. The van der Waals surface area contributed by atoms with Gasteiger partial charge < -0.3 is 5.32 Å². The standard InChI is InChI=1S/C15H21N3O/c1-4-18-15-8-6-5-7-13(15)14(17-18)9-12(19)10-16-11(2)3/h5-8,11,16H,4,9-10H2,1-3H3. The quantitative estimate of drug-likeness (QED) is 0.865. The Morgan fingerprint density at radius 3 is 2.79 bits per heavy atom. The molecule has 1 aromatic carbocycles. The summed E-state index contributed by atoms with van der Waals surface area (Å²) in [6, 6.07) is 8.40. The predicted octanol–water partition coefficient (Wildman–Crippen LogP) is 2.17. The number of benzene rings is 1. The second-order valence-electron chi connectivity index (χ2n) is 5.03. The van der Waals surface area contributed by atoms with Crippen LogP contribution in [-0.2, 0) is 17.8 Å². The summed E-state index contributed by atoms with van der Waals surface area (Å²) in [5.74, 6) is 0.181. The van der Waals surface area contributed by atoms with Gasteiger partial charge in [0.15, 0.2) is 5.78 Å². The smallest absolute Gasteiger partial charge is 0.152 e. The minimum atomic E-state index is 0.181. The molecule has 0 radical (unpaired) electrons. The molecule has 0 unspecified atom stereocenters. The van der Waals surface area contributed by atoms with E-state index in [0.29, 0.717) is 19.0 Å². The van der Waals surface area contributed by atoms with E-state index in [9.17, 15) is 4.79 Å². The molecule has 1 heterocycles. The topological polar surface area (TPSA) is 46.9 Å². The third kappa shape index (κ3) is 3.20. The first-order valence-electron chi connectivity index (χ1n) is 6.81. The van der Waals surface area contributed by atoms with Crippen molar-refractivity contribution in [2.24, 2.45) is 0 Å². The lowest BCUT2D eigenvalue weighted by molar-refractivity contribution is -0.117. The van der Waals surface area contributed by atoms with Crippen molar-refractivity contribution >= 4 is 16.7 Å². The molecule has 2 rings (SSSR count). The summed E-state index contributed by atoms with van der Waals surface area (Å²) >= 11 is 0. The number of hydrogen-bond acceptors (Lipinski definition) is 3. The van der Waals surface area contributed by atoms with E-state index >= 15 is 0 Å². The van der Waals surface area contributed by atoms with Crippen molar-refractivity contribution < 1.29 is 4.79 Å². The Bertz CT molecular complexity index is 572. The Labute approximate surface area is 113 Å². The van der Waals surface area contributed by atoms with Gasteiger partial charge in [-0.05, 0) is 13.0 Å². The molecule has 0 saturated heterocycles. The zero-order chi connectivity index (χ0) is 13.8. The molecule has 0 atom stereocenters. The van der Waals surface area contributed by atoms with Crippen LogP contribution in [0.5, 0.6) is 0 Å². The minimum absolute atomic E-state index is 0.181. The van der Waals surface area contributed by atoms with E-state index in [1.807, 2.05) is 42.8 Å². The second kappa shape index (κ2) is 5.97. The largest absolute Gasteiger partial charge is 0.308 e. The van der Waals surface area contributed by atoms with Gasteiger partial charge >= 0.3 is 0 Å². The molecule has 0 fully saturated rings. The molecule has 1 aromatic heterocycles. The molecule has 0 saturated carbocycles. The Balaban J connectivity index is 2.18. The molecule has 4 heteroatoms. The number of rotatable bonds is 6. The lowest BCUT2D eigenvalue weighted by Crippen LogP contribution is -2.30. The Morgan fingerprint density at radius 1 is 1.37 bits per heavy atom. The first-order valence-corrected chi connectivity index (χ1v) is 6.81. The lowest BCUT2D eigenvalue weighted by atomic mass is 10.1. The number of Topliss-reactive ketones (excluding diaryl/α,β-unsaturated/α-hetero) is 1. The molecule has 0 amide bonds. The number of aryl methyl sites for hydroxylation is 1. The number of carbonyl (C=O) groups is 1. The zero-order valence-electron chi connectivity index (χ0n) is 11.8. The molecule has 102 valence electrons. The van der Waals surface area contributed by atoms with Crippen LogP contribution in [0.25, 0.3) is 10.9 Å². The fraction of sp³-hybridized carbons (Fsp3) is 0.467. The monoisotopic (exact) mass is 259 g/mol. The average Bonchev–Trinajstić information content (AvgIpc) is 2.75. The first kappa shape index (κ1) is 13.7. The molecule has 4 nitrogen and oxygen atoms in total. The maximum atomic E-state index is 11.9. The fourth-order valence-electron chi connectivity index (χ4n) is 2.14. The number of ketones is 1. The fourth-order valence-corrected chi connectivity index (χ4v) is 2.14. The zero-order valence-corrected chi connectivity index (χ0v) is 11.8. The highest BCUT2D eigenvalue weighted by Crippen LogP contribution is 2.18. The van der Waals surface area contributed by atoms with Gasteiger partial charge in [0.25, 0.3) is 0 Å². The Morgan fingerprint density at radius 2 is 2.11 bits per heavy atom. The minimum Gasteiger partial charge on any atom is -0.308 e. The predicted molar refractivity (Wildman–Crippen MR) is 77.3 cm³/mol. The van der Waals surface area contributed by atoms with Crippen molar-refractivity contribution in [1.29, 1.82) is 0 Å². The van der Waals surface area contributed by atoms with E-state index < -0.39 is 0 Å². The van der Waals surface area contributed by atoms with Gasteiger partial charge in [0.05, 0.1) is 24.2 Å². The number of carbonyl (C=O) groups excluding carboxylic acids is 1. The van der Waals surface area contributed by atoms with Gasteiger partial charge in [0.2, 0.25) is 0 Å². The number of aromatic nitrogens is 2. The van der Waals surface area contributed by atoms with Crippen LogP contribution in [0, 0.1) is 0 Å². The highest BCUT2D eigenvalue weighted by molar-refractivity contribution is 5.89. The van der Waals surface area contributed by atoms with Crippen molar-refractivity contribution in [3.8, 4) is 0 Å². The van der Waals surface area contributed by atoms with Crippen LogP contribution in [0.4, 0.5) is 0 Å². The van der Waals surface area contributed by atoms with Crippen molar-refractivity contribution in [3.63, 3.8) is 0 Å². The third-order valence-corrected chi connectivity index (χ3v) is 3.11. The summed E-state index contributed by atoms with van der Waals surface area (Å²) in [6.45, 7) is 7.36. The molecule has 1 N–H and O–H groups in total. The molecular weight excluding hydrogens is 238 g/mol. The Hall–Kier alpha value is -1.68. The van der Waals surface area contributed by atoms with Gasteiger partial charge in [0.1, 0.15) is 0 Å². The lowest BCUT2D eigenvalue weighted by Gasteiger charge is -2.06. The van der Waals surface area contributed by atoms with Gasteiger partial charge in [-0.3, -0.25) is 9.48 Å². The summed E-state index contributed by atoms with van der Waals surface area (Å²) in [4.78, 5) is 11.9. The van der Waals surface area contributed by atoms with E-state index in [0.717, 1.165) is 23.1 Å². The van der Waals surface area contributed by atoms with Crippen LogP contribution in [0.3, 0.4) is 0 Å². The molecule has 0 aliphatic heterocycles. The molecule has 0 aliphatic rings. The van der Waals surface area contributed by atoms with Crippen LogP contribution < -0.4 is 5.32 Å². The van der Waals surface area contributed by atoms with Crippen LogP contribution >= 0.6 is 0 Å². The van der Waals surface area contributed by atoms with E-state index in [4.69, 9.17) is 0 Å². The van der Waals surface area contributed by atoms with E-state index in [-0.39, 0.29) is 5.78 Å². The highest BCUT2D eigenvalue weighted by atomic mass is 16.1. The molecule has 0 bridgehead atoms. The second-order valence-corrected chi connectivity index (χ2v) is 5.03. The average molecular weight is 259 g/mol. The number of hydrogen-bond donors (Lipinski definition) is 1. The van der Waals surface area contributed by atoms with Crippen molar-refractivity contribution in [2.75, 3.05) is 6.54 Å². The van der Waals surface area contributed by atoms with Gasteiger partial charge in [-0.25, -0.2) is 0 Å². The number of para-hydroxylation sites is 1. The van der Waals surface area contributed by atoms with Crippen LogP contribution in [0.1, 0.15) is 26.5 Å². The number of nitrogens with zero attached hydrogens (tertiary/aromatic N) is 2. The molecule has 0 spiro atoms. The summed E-state index contributed by atoms with van der Waals surface area (Å²) in [7, 11) is 0. The first-order chi connectivity index (χ1) is 9.11. The van der Waals surface area contributed by atoms with Crippen molar-refractivity contribution in [3.05, 3.63) is 30.0 Å². The SMILES string of the molecule is CCn1nc(CC(=O)CNC(C)C)c2ccccc21. The van der Waals surface area contributed by atoms with Gasteiger partial charge in [0, 0.05) is 18.0 Å². The van der Waals surface area contributed by atoms with Gasteiger partial charge in [-0.15, -0.1) is 0 Å². The van der Waals surface area contributed by atoms with E-state index in [1.54, 1.807) is 0 Å². The van der Waals surface area contributed by atoms with Gasteiger partial charge in [-0.1, -0.05) is 32.0 Å². The van der Waals surface area contributed by atoms with Crippen LogP contribution in [0.15, 0.2) is 24.3 Å². The number of fused-ring (bicyclic) bond motifs is 1. The highest BCUT2D eigenvalue weighted by Gasteiger charge is 2.12. The van der Waals surface area contributed by atoms with Crippen molar-refractivity contribution in [1.82, 2.24) is 15.1 Å². The molecule has 19 heavy (non-hydrogen) atoms. The Kier molecular flexibility index (Phi) is 4.32. The maximum Gasteiger partial charge on any atom is 0.152 e. The molecule has 0 aliphatic carbocycles. The van der Waals surface area contributed by atoms with Crippen LogP contribution in [-0.4, -0.2) is 28.2 Å². The molecule has 2 aromatic rings. The van der Waals surface area contributed by atoms with Gasteiger partial charge in [-0.2, -0.15) is 5.10 Å². The van der Waals surface area contributed by atoms with Crippen LogP contribution in [0.2, 0.25) is 0 Å². The van der Waals surface area contributed by atoms with E-state index in [2.05, 4.69) is 17.3 Å². The summed E-state index contributed by atoms with van der Waals surface area (Å²) in [6.07, 6.45) is 0.396. The normalized spacial score (nSPS) is 11.4. The third-order valence-electron chi connectivity index (χ3n) is 3.11. The summed E-state index contributed by atoms with van der Waals surface area (Å²) in [5, 5.41) is 8.78. The maximum absolute atomic E-state index is 11.9. The summed E-state index contributed by atoms with van der Waals surface area (Å²) < 4.78 is 1.95.